The van der Waals surface area contributed by atoms with E-state index in [1.165, 1.54) is 28.7 Å². The molecule has 0 heterocycles. The minimum absolute atomic E-state index is 0.694. The fraction of sp³-hybridized carbons (Fsp3) is 0.200. The van der Waals surface area contributed by atoms with Crippen molar-refractivity contribution >= 4 is 6.08 Å². The summed E-state index contributed by atoms with van der Waals surface area (Å²) in [6, 6.07) is 19.5. The fourth-order valence-electron chi connectivity index (χ4n) is 2.59. The van der Waals surface area contributed by atoms with E-state index < -0.39 is 0 Å². The molecule has 0 spiro atoms. The fourth-order valence-corrected chi connectivity index (χ4v) is 2.59. The van der Waals surface area contributed by atoms with Crippen LogP contribution in [0.5, 0.6) is 0 Å². The second kappa shape index (κ2) is 5.92. The van der Waals surface area contributed by atoms with E-state index >= 15 is 0 Å². The summed E-state index contributed by atoms with van der Waals surface area (Å²) >= 11 is 0. The lowest BCUT2D eigenvalue weighted by Gasteiger charge is -2.25. The van der Waals surface area contributed by atoms with Crippen molar-refractivity contribution in [1.82, 2.24) is 0 Å². The Morgan fingerprint density at radius 3 is 2.35 bits per heavy atom. The van der Waals surface area contributed by atoms with E-state index in [0.29, 0.717) is 5.92 Å². The van der Waals surface area contributed by atoms with Crippen molar-refractivity contribution in [2.24, 2.45) is 5.92 Å². The van der Waals surface area contributed by atoms with Gasteiger partial charge in [-0.05, 0) is 42.4 Å². The maximum absolute atomic E-state index is 2.35. The average molecular weight is 260 g/mol. The molecular formula is C20H20. The predicted octanol–water partition coefficient (Wildman–Crippen LogP) is 5.20. The summed E-state index contributed by atoms with van der Waals surface area (Å²) in [7, 11) is 0. The maximum Gasteiger partial charge on any atom is -0.00899 e. The first kappa shape index (κ1) is 12.9. The summed E-state index contributed by atoms with van der Waals surface area (Å²) in [5.74, 6) is 0.694. The Morgan fingerprint density at radius 1 is 0.950 bits per heavy atom. The number of hydrogen-bond donors (Lipinski definition) is 0. The number of benzene rings is 2. The number of aryl methyl sites for hydroxylation is 1. The SMILES string of the molecule is Cc1ccc(C=CC2=CCC2Cc2ccccc2)cc1. The largest absolute Gasteiger partial charge is 0.0804 e. The molecule has 0 N–H and O–H groups in total. The van der Waals surface area contributed by atoms with Crippen LogP contribution in [-0.4, -0.2) is 0 Å². The lowest BCUT2D eigenvalue weighted by atomic mass is 9.80. The van der Waals surface area contributed by atoms with Gasteiger partial charge in [-0.2, -0.15) is 0 Å². The Balaban J connectivity index is 1.62. The van der Waals surface area contributed by atoms with Gasteiger partial charge in [0.25, 0.3) is 0 Å². The maximum atomic E-state index is 2.35. The third kappa shape index (κ3) is 3.08. The topological polar surface area (TPSA) is 0 Å². The van der Waals surface area contributed by atoms with Crippen molar-refractivity contribution in [3.05, 3.63) is 89.0 Å². The standard InChI is InChI=1S/C20H20/c1-16-7-9-17(10-8-16)11-12-19-13-14-20(19)15-18-5-3-2-4-6-18/h2-13,20H,14-15H2,1H3. The van der Waals surface area contributed by atoms with Crippen LogP contribution in [0, 0.1) is 12.8 Å². The zero-order valence-electron chi connectivity index (χ0n) is 11.9. The molecule has 100 valence electrons. The van der Waals surface area contributed by atoms with E-state index in [1.807, 2.05) is 0 Å². The van der Waals surface area contributed by atoms with Crippen LogP contribution >= 0.6 is 0 Å². The molecule has 1 atom stereocenters. The molecule has 2 aromatic rings. The second-order valence-electron chi connectivity index (χ2n) is 5.57. The molecule has 0 saturated heterocycles. The van der Waals surface area contributed by atoms with E-state index in [-0.39, 0.29) is 0 Å². The Hall–Kier alpha value is -2.08. The Bertz CT molecular complexity index is 615. The summed E-state index contributed by atoms with van der Waals surface area (Å²) in [5.41, 5.74) is 5.51. The van der Waals surface area contributed by atoms with Crippen LogP contribution in [0.2, 0.25) is 0 Å². The van der Waals surface area contributed by atoms with Gasteiger partial charge in [-0.3, -0.25) is 0 Å². The van der Waals surface area contributed by atoms with Gasteiger partial charge in [0.15, 0.2) is 0 Å². The molecule has 0 fully saturated rings. The van der Waals surface area contributed by atoms with E-state index in [4.69, 9.17) is 0 Å². The van der Waals surface area contributed by atoms with Crippen molar-refractivity contribution in [2.45, 2.75) is 19.8 Å². The normalized spacial score (nSPS) is 17.9. The second-order valence-corrected chi connectivity index (χ2v) is 5.57. The minimum atomic E-state index is 0.694. The Labute approximate surface area is 121 Å². The average Bonchev–Trinajstić information content (AvgIpc) is 2.47. The molecule has 0 aliphatic heterocycles. The summed E-state index contributed by atoms with van der Waals surface area (Å²) < 4.78 is 0. The van der Waals surface area contributed by atoms with Gasteiger partial charge in [0.05, 0.1) is 0 Å². The molecule has 0 aromatic heterocycles. The van der Waals surface area contributed by atoms with Crippen LogP contribution in [0.15, 0.2) is 72.3 Å². The predicted molar refractivity (Wildman–Crippen MR) is 86.5 cm³/mol. The van der Waals surface area contributed by atoms with E-state index in [2.05, 4.69) is 79.7 Å². The molecule has 1 aliphatic rings. The van der Waals surface area contributed by atoms with E-state index in [1.54, 1.807) is 0 Å². The first-order valence-corrected chi connectivity index (χ1v) is 7.30. The Morgan fingerprint density at radius 2 is 1.70 bits per heavy atom. The van der Waals surface area contributed by atoms with Crippen LogP contribution in [0.4, 0.5) is 0 Å². The van der Waals surface area contributed by atoms with Gasteiger partial charge in [0.2, 0.25) is 0 Å². The first-order valence-electron chi connectivity index (χ1n) is 7.30. The van der Waals surface area contributed by atoms with Gasteiger partial charge < -0.3 is 0 Å². The molecule has 0 radical (unpaired) electrons. The highest BCUT2D eigenvalue weighted by atomic mass is 14.2. The van der Waals surface area contributed by atoms with Crippen LogP contribution in [0.25, 0.3) is 6.08 Å². The van der Waals surface area contributed by atoms with Crippen molar-refractivity contribution in [3.63, 3.8) is 0 Å². The van der Waals surface area contributed by atoms with Crippen LogP contribution in [0.1, 0.15) is 23.1 Å². The third-order valence-corrected chi connectivity index (χ3v) is 3.98. The van der Waals surface area contributed by atoms with Crippen molar-refractivity contribution in [2.75, 3.05) is 0 Å². The summed E-state index contributed by atoms with van der Waals surface area (Å²) in [6.07, 6.45) is 9.22. The first-order chi connectivity index (χ1) is 9.81. The van der Waals surface area contributed by atoms with Gasteiger partial charge in [0.1, 0.15) is 0 Å². The molecule has 20 heavy (non-hydrogen) atoms. The molecule has 0 bridgehead atoms. The lowest BCUT2D eigenvalue weighted by molar-refractivity contribution is 0.576. The van der Waals surface area contributed by atoms with Crippen LogP contribution in [-0.2, 0) is 6.42 Å². The lowest BCUT2D eigenvalue weighted by Crippen LogP contribution is -2.13. The van der Waals surface area contributed by atoms with Crippen LogP contribution in [0.3, 0.4) is 0 Å². The highest BCUT2D eigenvalue weighted by Gasteiger charge is 2.19. The molecule has 0 heteroatoms. The molecule has 1 aliphatic carbocycles. The molecule has 0 nitrogen and oxygen atoms in total. The highest BCUT2D eigenvalue weighted by Crippen LogP contribution is 2.31. The van der Waals surface area contributed by atoms with E-state index in [0.717, 1.165) is 6.42 Å². The van der Waals surface area contributed by atoms with Crippen molar-refractivity contribution in [3.8, 4) is 0 Å². The minimum Gasteiger partial charge on any atom is -0.0804 e. The van der Waals surface area contributed by atoms with Gasteiger partial charge in [-0.15, -0.1) is 0 Å². The number of hydrogen-bond acceptors (Lipinski definition) is 0. The molecular weight excluding hydrogens is 240 g/mol. The zero-order chi connectivity index (χ0) is 13.8. The smallest absolute Gasteiger partial charge is 0.00899 e. The summed E-state index contributed by atoms with van der Waals surface area (Å²) in [5, 5.41) is 0. The van der Waals surface area contributed by atoms with Crippen molar-refractivity contribution in [1.29, 1.82) is 0 Å². The molecule has 0 saturated carbocycles. The summed E-state index contributed by atoms with van der Waals surface area (Å²) in [4.78, 5) is 0. The van der Waals surface area contributed by atoms with Crippen molar-refractivity contribution < 1.29 is 0 Å². The van der Waals surface area contributed by atoms with Crippen LogP contribution < -0.4 is 0 Å². The van der Waals surface area contributed by atoms with Gasteiger partial charge in [0, 0.05) is 0 Å². The third-order valence-electron chi connectivity index (χ3n) is 3.98. The highest BCUT2D eigenvalue weighted by molar-refractivity contribution is 5.54. The van der Waals surface area contributed by atoms with Gasteiger partial charge >= 0.3 is 0 Å². The quantitative estimate of drug-likeness (QED) is 0.709. The van der Waals surface area contributed by atoms with Gasteiger partial charge in [-0.1, -0.05) is 78.4 Å². The Kier molecular flexibility index (Phi) is 3.83. The molecule has 1 unspecified atom stereocenters. The number of rotatable bonds is 4. The number of allylic oxidation sites excluding steroid dienone is 3. The van der Waals surface area contributed by atoms with Gasteiger partial charge in [-0.25, -0.2) is 0 Å². The summed E-state index contributed by atoms with van der Waals surface area (Å²) in [6.45, 7) is 2.12. The monoisotopic (exact) mass is 260 g/mol. The molecule has 0 amide bonds. The van der Waals surface area contributed by atoms with E-state index in [9.17, 15) is 0 Å². The molecule has 3 rings (SSSR count). The molecule has 2 aromatic carbocycles. The zero-order valence-corrected chi connectivity index (χ0v) is 11.9.